The zero-order valence-corrected chi connectivity index (χ0v) is 15.9. The maximum atomic E-state index is 12.5. The van der Waals surface area contributed by atoms with Gasteiger partial charge in [-0.3, -0.25) is 4.79 Å². The smallest absolute Gasteiger partial charge is 0.251 e. The molecule has 0 bridgehead atoms. The largest absolute Gasteiger partial charge is 0.352 e. The fourth-order valence-electron chi connectivity index (χ4n) is 2.94. The van der Waals surface area contributed by atoms with Crippen molar-refractivity contribution in [1.82, 2.24) is 14.9 Å². The summed E-state index contributed by atoms with van der Waals surface area (Å²) in [6.07, 6.45) is 8.48. The summed E-state index contributed by atoms with van der Waals surface area (Å²) in [7, 11) is 0. The second-order valence-electron chi connectivity index (χ2n) is 6.67. The van der Waals surface area contributed by atoms with Crippen LogP contribution in [0.2, 0.25) is 0 Å². The molecule has 0 fully saturated rings. The Labute approximate surface area is 160 Å². The van der Waals surface area contributed by atoms with Crippen LogP contribution in [0.5, 0.6) is 0 Å². The van der Waals surface area contributed by atoms with Gasteiger partial charge in [0.1, 0.15) is 0 Å². The van der Waals surface area contributed by atoms with Gasteiger partial charge in [0.2, 0.25) is 0 Å². The van der Waals surface area contributed by atoms with Gasteiger partial charge >= 0.3 is 0 Å². The number of aromatic nitrogens is 2. The molecule has 1 N–H and O–H groups in total. The van der Waals surface area contributed by atoms with Gasteiger partial charge in [-0.25, -0.2) is 4.98 Å². The van der Waals surface area contributed by atoms with Gasteiger partial charge in [-0.2, -0.15) is 0 Å². The summed E-state index contributed by atoms with van der Waals surface area (Å²) in [6, 6.07) is 16.1. The fraction of sp³-hybridized carbons (Fsp3) is 0.217. The second kappa shape index (κ2) is 8.99. The van der Waals surface area contributed by atoms with Crippen molar-refractivity contribution in [3.63, 3.8) is 0 Å². The monoisotopic (exact) mass is 359 g/mol. The third-order valence-corrected chi connectivity index (χ3v) is 4.58. The molecule has 0 unspecified atom stereocenters. The van der Waals surface area contributed by atoms with Crippen LogP contribution in [0, 0.1) is 6.92 Å². The molecule has 138 valence electrons. The SMILES string of the molecule is C/C(=C\c1cc(C(=O)NCCCn2ccnc2)ccc1C)c1ccccc1. The number of benzene rings is 2. The minimum absolute atomic E-state index is 0.0346. The summed E-state index contributed by atoms with van der Waals surface area (Å²) < 4.78 is 2.01. The van der Waals surface area contributed by atoms with E-state index in [1.165, 1.54) is 11.1 Å². The second-order valence-corrected chi connectivity index (χ2v) is 6.67. The lowest BCUT2D eigenvalue weighted by atomic mass is 9.99. The number of hydrogen-bond acceptors (Lipinski definition) is 2. The molecule has 1 heterocycles. The van der Waals surface area contributed by atoms with E-state index in [2.05, 4.69) is 42.4 Å². The fourth-order valence-corrected chi connectivity index (χ4v) is 2.94. The van der Waals surface area contributed by atoms with E-state index in [1.807, 2.05) is 47.2 Å². The standard InChI is InChI=1S/C23H25N3O/c1-18-9-10-21(23(27)25-11-6-13-26-14-12-24-17-26)16-22(18)15-19(2)20-7-4-3-5-8-20/h3-5,7-10,12,14-17H,6,11,13H2,1-2H3,(H,25,27)/b19-15+. The molecule has 2 aromatic carbocycles. The van der Waals surface area contributed by atoms with Gasteiger partial charge in [0.15, 0.2) is 0 Å². The highest BCUT2D eigenvalue weighted by atomic mass is 16.1. The molecule has 4 heteroatoms. The van der Waals surface area contributed by atoms with E-state index in [4.69, 9.17) is 0 Å². The summed E-state index contributed by atoms with van der Waals surface area (Å²) in [4.78, 5) is 16.5. The molecular formula is C23H25N3O. The summed E-state index contributed by atoms with van der Waals surface area (Å²) in [5.41, 5.74) is 5.28. The van der Waals surface area contributed by atoms with Gasteiger partial charge in [0.25, 0.3) is 5.91 Å². The van der Waals surface area contributed by atoms with Crippen molar-refractivity contribution in [3.05, 3.63) is 89.5 Å². The van der Waals surface area contributed by atoms with Gasteiger partial charge in [-0.1, -0.05) is 42.5 Å². The lowest BCUT2D eigenvalue weighted by Crippen LogP contribution is -2.25. The average Bonchev–Trinajstić information content (AvgIpc) is 3.21. The van der Waals surface area contributed by atoms with Crippen LogP contribution in [0.3, 0.4) is 0 Å². The number of carbonyl (C=O) groups is 1. The molecule has 0 saturated carbocycles. The van der Waals surface area contributed by atoms with Gasteiger partial charge in [-0.15, -0.1) is 0 Å². The van der Waals surface area contributed by atoms with E-state index in [9.17, 15) is 4.79 Å². The van der Waals surface area contributed by atoms with E-state index in [0.29, 0.717) is 12.1 Å². The number of nitrogens with zero attached hydrogens (tertiary/aromatic N) is 2. The Balaban J connectivity index is 1.64. The Hall–Kier alpha value is -3.14. The minimum Gasteiger partial charge on any atom is -0.352 e. The molecule has 0 radical (unpaired) electrons. The number of imidazole rings is 1. The zero-order chi connectivity index (χ0) is 19.1. The number of allylic oxidation sites excluding steroid dienone is 1. The summed E-state index contributed by atoms with van der Waals surface area (Å²) in [5, 5.41) is 3.00. The molecule has 4 nitrogen and oxygen atoms in total. The van der Waals surface area contributed by atoms with Crippen LogP contribution in [0.15, 0.2) is 67.3 Å². The third-order valence-electron chi connectivity index (χ3n) is 4.58. The molecule has 3 rings (SSSR count). The van der Waals surface area contributed by atoms with E-state index in [-0.39, 0.29) is 5.91 Å². The molecule has 3 aromatic rings. The van der Waals surface area contributed by atoms with Crippen molar-refractivity contribution >= 4 is 17.6 Å². The van der Waals surface area contributed by atoms with Crippen molar-refractivity contribution in [2.75, 3.05) is 6.54 Å². The van der Waals surface area contributed by atoms with Crippen molar-refractivity contribution in [3.8, 4) is 0 Å². The van der Waals surface area contributed by atoms with Gasteiger partial charge in [0.05, 0.1) is 6.33 Å². The number of amides is 1. The molecule has 0 saturated heterocycles. The quantitative estimate of drug-likeness (QED) is 0.496. The van der Waals surface area contributed by atoms with Crippen molar-refractivity contribution < 1.29 is 4.79 Å². The number of rotatable bonds is 7. The number of nitrogens with one attached hydrogen (secondary N) is 1. The van der Waals surface area contributed by atoms with E-state index in [1.54, 1.807) is 12.5 Å². The summed E-state index contributed by atoms with van der Waals surface area (Å²) in [5.74, 6) is -0.0346. The van der Waals surface area contributed by atoms with Crippen molar-refractivity contribution in [1.29, 1.82) is 0 Å². The number of carbonyl (C=O) groups excluding carboxylic acids is 1. The number of hydrogen-bond donors (Lipinski definition) is 1. The maximum Gasteiger partial charge on any atom is 0.251 e. The molecule has 0 atom stereocenters. The lowest BCUT2D eigenvalue weighted by Gasteiger charge is -2.09. The molecule has 27 heavy (non-hydrogen) atoms. The highest BCUT2D eigenvalue weighted by Gasteiger charge is 2.07. The Bertz CT molecular complexity index is 912. The van der Waals surface area contributed by atoms with Crippen molar-refractivity contribution in [2.45, 2.75) is 26.8 Å². The van der Waals surface area contributed by atoms with Crippen molar-refractivity contribution in [2.24, 2.45) is 0 Å². The zero-order valence-electron chi connectivity index (χ0n) is 15.9. The van der Waals surface area contributed by atoms with Crippen LogP contribution in [-0.4, -0.2) is 22.0 Å². The highest BCUT2D eigenvalue weighted by Crippen LogP contribution is 2.20. The van der Waals surface area contributed by atoms with Crippen LogP contribution < -0.4 is 5.32 Å². The van der Waals surface area contributed by atoms with Crippen LogP contribution in [0.1, 0.15) is 40.4 Å². The molecule has 0 aliphatic heterocycles. The lowest BCUT2D eigenvalue weighted by molar-refractivity contribution is 0.0952. The molecule has 0 aliphatic carbocycles. The van der Waals surface area contributed by atoms with Crippen LogP contribution in [-0.2, 0) is 6.54 Å². The van der Waals surface area contributed by atoms with Crippen LogP contribution in [0.4, 0.5) is 0 Å². The molecule has 0 spiro atoms. The molecule has 1 amide bonds. The van der Waals surface area contributed by atoms with Gasteiger partial charge in [-0.05, 0) is 54.7 Å². The van der Waals surface area contributed by atoms with E-state index < -0.39 is 0 Å². The van der Waals surface area contributed by atoms with Crippen LogP contribution >= 0.6 is 0 Å². The minimum atomic E-state index is -0.0346. The Morgan fingerprint density at radius 3 is 2.70 bits per heavy atom. The summed E-state index contributed by atoms with van der Waals surface area (Å²) in [6.45, 7) is 5.64. The highest BCUT2D eigenvalue weighted by molar-refractivity contribution is 5.95. The molecule has 1 aromatic heterocycles. The van der Waals surface area contributed by atoms with Gasteiger partial charge < -0.3 is 9.88 Å². The molecular weight excluding hydrogens is 334 g/mol. The first-order valence-electron chi connectivity index (χ1n) is 9.22. The Kier molecular flexibility index (Phi) is 6.21. The Morgan fingerprint density at radius 2 is 1.96 bits per heavy atom. The average molecular weight is 359 g/mol. The Morgan fingerprint density at radius 1 is 1.15 bits per heavy atom. The predicted molar refractivity (Wildman–Crippen MR) is 110 cm³/mol. The third kappa shape index (κ3) is 5.17. The first kappa shape index (κ1) is 18.6. The predicted octanol–water partition coefficient (Wildman–Crippen LogP) is 4.57. The van der Waals surface area contributed by atoms with Gasteiger partial charge in [0, 0.05) is 31.0 Å². The van der Waals surface area contributed by atoms with Crippen LogP contribution in [0.25, 0.3) is 11.6 Å². The topological polar surface area (TPSA) is 46.9 Å². The van der Waals surface area contributed by atoms with E-state index >= 15 is 0 Å². The molecule has 0 aliphatic rings. The van der Waals surface area contributed by atoms with E-state index in [0.717, 1.165) is 24.1 Å². The number of aryl methyl sites for hydroxylation is 2. The first-order valence-corrected chi connectivity index (χ1v) is 9.22. The first-order chi connectivity index (χ1) is 13.1. The normalized spacial score (nSPS) is 11.4. The summed E-state index contributed by atoms with van der Waals surface area (Å²) >= 11 is 0. The maximum absolute atomic E-state index is 12.5.